The number of aliphatic hydroxyl groups excluding tert-OH is 1. The number of likely N-dealkylation sites (tertiary alicyclic amines) is 1. The maximum absolute atomic E-state index is 9.80. The Morgan fingerprint density at radius 2 is 2.00 bits per heavy atom. The van der Waals surface area contributed by atoms with Gasteiger partial charge in [0.2, 0.25) is 0 Å². The second-order valence-corrected chi connectivity index (χ2v) is 4.61. The predicted molar refractivity (Wildman–Crippen MR) is 46.4 cm³/mol. The normalized spacial score (nSPS) is 39.0. The second kappa shape index (κ2) is 2.76. The van der Waals surface area contributed by atoms with E-state index in [9.17, 15) is 5.11 Å². The van der Waals surface area contributed by atoms with Gasteiger partial charge in [0.15, 0.2) is 0 Å². The third-order valence-corrected chi connectivity index (χ3v) is 2.62. The van der Waals surface area contributed by atoms with Crippen LogP contribution in [0, 0.1) is 11.3 Å². The van der Waals surface area contributed by atoms with Crippen LogP contribution in [-0.4, -0.2) is 36.2 Å². The maximum atomic E-state index is 9.80. The minimum Gasteiger partial charge on any atom is -0.392 e. The van der Waals surface area contributed by atoms with Gasteiger partial charge in [-0.15, -0.1) is 0 Å². The summed E-state index contributed by atoms with van der Waals surface area (Å²) < 4.78 is 0. The lowest BCUT2D eigenvalue weighted by Crippen LogP contribution is -2.51. The minimum atomic E-state index is -0.140. The Kier molecular flexibility index (Phi) is 2.26. The van der Waals surface area contributed by atoms with Gasteiger partial charge in [-0.05, 0) is 13.0 Å². The second-order valence-electron chi connectivity index (χ2n) is 4.61. The van der Waals surface area contributed by atoms with Crippen LogP contribution in [0.4, 0.5) is 0 Å². The fraction of sp³-hybridized carbons (Fsp3) is 1.00. The van der Waals surface area contributed by atoms with Crippen molar-refractivity contribution in [2.24, 2.45) is 11.3 Å². The molecule has 0 aliphatic carbocycles. The summed E-state index contributed by atoms with van der Waals surface area (Å²) in [6.07, 6.45) is -0.140. The van der Waals surface area contributed by atoms with Crippen LogP contribution >= 0.6 is 0 Å². The maximum Gasteiger partial charge on any atom is 0.0641 e. The third-order valence-electron chi connectivity index (χ3n) is 2.62. The minimum absolute atomic E-state index is 0.0619. The van der Waals surface area contributed by atoms with Crippen LogP contribution in [0.3, 0.4) is 0 Å². The van der Waals surface area contributed by atoms with Crippen molar-refractivity contribution < 1.29 is 5.11 Å². The van der Waals surface area contributed by atoms with Crippen molar-refractivity contribution in [1.82, 2.24) is 4.90 Å². The highest BCUT2D eigenvalue weighted by Crippen LogP contribution is 2.31. The smallest absolute Gasteiger partial charge is 0.0641 e. The lowest BCUT2D eigenvalue weighted by atomic mass is 9.76. The van der Waals surface area contributed by atoms with Gasteiger partial charge in [0, 0.05) is 18.5 Å². The van der Waals surface area contributed by atoms with Crippen LogP contribution in [0.25, 0.3) is 0 Å². The molecule has 0 radical (unpaired) electrons. The first kappa shape index (κ1) is 9.01. The van der Waals surface area contributed by atoms with E-state index in [1.54, 1.807) is 0 Å². The molecule has 1 aliphatic rings. The average molecular weight is 157 g/mol. The number of piperidine rings is 1. The van der Waals surface area contributed by atoms with E-state index < -0.39 is 0 Å². The molecule has 66 valence electrons. The molecule has 0 aromatic rings. The molecule has 0 aromatic carbocycles. The summed E-state index contributed by atoms with van der Waals surface area (Å²) in [5, 5.41) is 9.80. The first-order chi connectivity index (χ1) is 4.93. The summed E-state index contributed by atoms with van der Waals surface area (Å²) in [6.45, 7) is 8.39. The van der Waals surface area contributed by atoms with Crippen LogP contribution in [0.2, 0.25) is 0 Å². The molecule has 1 saturated heterocycles. The molecule has 1 rings (SSSR count). The summed E-state index contributed by atoms with van der Waals surface area (Å²) in [4.78, 5) is 2.29. The molecule has 0 saturated carbocycles. The van der Waals surface area contributed by atoms with Crippen molar-refractivity contribution in [1.29, 1.82) is 0 Å². The monoisotopic (exact) mass is 157 g/mol. The van der Waals surface area contributed by atoms with Gasteiger partial charge in [-0.3, -0.25) is 0 Å². The van der Waals surface area contributed by atoms with E-state index in [-0.39, 0.29) is 11.5 Å². The highest BCUT2D eigenvalue weighted by atomic mass is 16.3. The molecule has 0 aromatic heterocycles. The van der Waals surface area contributed by atoms with Crippen molar-refractivity contribution in [3.8, 4) is 0 Å². The van der Waals surface area contributed by atoms with Gasteiger partial charge in [-0.25, -0.2) is 0 Å². The highest BCUT2D eigenvalue weighted by Gasteiger charge is 2.37. The van der Waals surface area contributed by atoms with Crippen LogP contribution in [0.5, 0.6) is 0 Å². The molecule has 2 atom stereocenters. The van der Waals surface area contributed by atoms with Gasteiger partial charge >= 0.3 is 0 Å². The van der Waals surface area contributed by atoms with Crippen LogP contribution in [0.15, 0.2) is 0 Å². The molecule has 2 heteroatoms. The molecular weight excluding hydrogens is 138 g/mol. The molecule has 11 heavy (non-hydrogen) atoms. The highest BCUT2D eigenvalue weighted by molar-refractivity contribution is 4.89. The zero-order chi connectivity index (χ0) is 8.65. The van der Waals surface area contributed by atoms with Crippen LogP contribution in [-0.2, 0) is 0 Å². The molecule has 1 fully saturated rings. The molecule has 2 nitrogen and oxygen atoms in total. The molecule has 0 unspecified atom stereocenters. The molecule has 1 N–H and O–H groups in total. The van der Waals surface area contributed by atoms with E-state index in [1.807, 2.05) is 0 Å². The van der Waals surface area contributed by atoms with E-state index in [2.05, 4.69) is 32.7 Å². The zero-order valence-electron chi connectivity index (χ0n) is 7.96. The Balaban J connectivity index is 2.67. The molecular formula is C9H19NO. The van der Waals surface area contributed by atoms with Crippen molar-refractivity contribution in [3.63, 3.8) is 0 Å². The number of aliphatic hydroxyl groups is 1. The number of rotatable bonds is 0. The van der Waals surface area contributed by atoms with Gasteiger partial charge in [0.1, 0.15) is 0 Å². The first-order valence-corrected chi connectivity index (χ1v) is 4.30. The fourth-order valence-electron chi connectivity index (χ4n) is 2.22. The van der Waals surface area contributed by atoms with Gasteiger partial charge in [0.25, 0.3) is 0 Å². The van der Waals surface area contributed by atoms with E-state index in [4.69, 9.17) is 0 Å². The largest absolute Gasteiger partial charge is 0.392 e. The van der Waals surface area contributed by atoms with Crippen molar-refractivity contribution >= 4 is 0 Å². The number of nitrogens with zero attached hydrogens (tertiary/aromatic N) is 1. The average Bonchev–Trinajstić information content (AvgIpc) is 1.81. The Morgan fingerprint density at radius 1 is 1.45 bits per heavy atom. The van der Waals surface area contributed by atoms with E-state index in [0.29, 0.717) is 5.92 Å². The SMILES string of the molecule is C[C@@H]1CN(C)CC(C)(C)[C@@H]1O. The van der Waals surface area contributed by atoms with E-state index in [1.165, 1.54) is 0 Å². The number of hydrogen-bond donors (Lipinski definition) is 1. The molecule has 1 aliphatic heterocycles. The summed E-state index contributed by atoms with van der Waals surface area (Å²) >= 11 is 0. The zero-order valence-corrected chi connectivity index (χ0v) is 7.96. The van der Waals surface area contributed by atoms with Gasteiger partial charge in [-0.1, -0.05) is 20.8 Å². The Morgan fingerprint density at radius 3 is 2.45 bits per heavy atom. The Bertz CT molecular complexity index is 144. The van der Waals surface area contributed by atoms with E-state index >= 15 is 0 Å². The predicted octanol–water partition coefficient (Wildman–Crippen LogP) is 0.955. The lowest BCUT2D eigenvalue weighted by Gasteiger charge is -2.44. The summed E-state index contributed by atoms with van der Waals surface area (Å²) in [6, 6.07) is 0. The standard InChI is InChI=1S/C9H19NO/c1-7-5-10(4)6-9(2,3)8(7)11/h7-8,11H,5-6H2,1-4H3/t7-,8-/m1/s1. The quantitative estimate of drug-likeness (QED) is 0.566. The van der Waals surface area contributed by atoms with Crippen molar-refractivity contribution in [2.45, 2.75) is 26.9 Å². The molecule has 0 spiro atoms. The van der Waals surface area contributed by atoms with Gasteiger partial charge in [0.05, 0.1) is 6.10 Å². The molecule has 0 amide bonds. The molecule has 0 bridgehead atoms. The topological polar surface area (TPSA) is 23.5 Å². The van der Waals surface area contributed by atoms with Gasteiger partial charge < -0.3 is 10.0 Å². The van der Waals surface area contributed by atoms with Crippen LogP contribution < -0.4 is 0 Å². The van der Waals surface area contributed by atoms with Crippen molar-refractivity contribution in [2.75, 3.05) is 20.1 Å². The fourth-order valence-corrected chi connectivity index (χ4v) is 2.22. The summed E-state index contributed by atoms with van der Waals surface area (Å²) in [5.41, 5.74) is 0.0619. The molecule has 1 heterocycles. The van der Waals surface area contributed by atoms with Gasteiger partial charge in [-0.2, -0.15) is 0 Å². The number of hydrogen-bond acceptors (Lipinski definition) is 2. The summed E-state index contributed by atoms with van der Waals surface area (Å²) in [5.74, 6) is 0.406. The Hall–Kier alpha value is -0.0800. The van der Waals surface area contributed by atoms with E-state index in [0.717, 1.165) is 13.1 Å². The Labute approximate surface area is 69.2 Å². The lowest BCUT2D eigenvalue weighted by molar-refractivity contribution is -0.0539. The summed E-state index contributed by atoms with van der Waals surface area (Å²) in [7, 11) is 2.12. The third kappa shape index (κ3) is 1.74. The van der Waals surface area contributed by atoms with Crippen LogP contribution in [0.1, 0.15) is 20.8 Å². The van der Waals surface area contributed by atoms with Crippen molar-refractivity contribution in [3.05, 3.63) is 0 Å². The first-order valence-electron chi connectivity index (χ1n) is 4.30.